The van der Waals surface area contributed by atoms with Gasteiger partial charge in [0.2, 0.25) is 0 Å². The maximum Gasteiger partial charge on any atom is 0.257 e. The van der Waals surface area contributed by atoms with Crippen LogP contribution in [0.3, 0.4) is 0 Å². The average Bonchev–Trinajstić information content (AvgIpc) is 2.29. The van der Waals surface area contributed by atoms with Crippen LogP contribution in [0.15, 0.2) is 18.2 Å². The molecule has 1 rings (SSSR count). The van der Waals surface area contributed by atoms with Gasteiger partial charge in [-0.05, 0) is 25.1 Å². The van der Waals surface area contributed by atoms with Crippen molar-refractivity contribution in [3.63, 3.8) is 0 Å². The first-order chi connectivity index (χ1) is 7.47. The molecule has 0 spiro atoms. The highest BCUT2D eigenvalue weighted by atomic mass is 79.9. The largest absolute Gasteiger partial charge is 0.507 e. The number of amides is 1. The number of rotatable bonds is 3. The average molecular weight is 290 g/mol. The van der Waals surface area contributed by atoms with Gasteiger partial charge in [0.15, 0.2) is 0 Å². The Morgan fingerprint density at radius 3 is 2.81 bits per heavy atom. The highest BCUT2D eigenvalue weighted by molar-refractivity contribution is 9.09. The third-order valence-corrected chi connectivity index (χ3v) is 3.33. The third kappa shape index (κ3) is 2.72. The van der Waals surface area contributed by atoms with Crippen molar-refractivity contribution in [2.45, 2.75) is 13.0 Å². The van der Waals surface area contributed by atoms with E-state index in [1.54, 1.807) is 7.05 Å². The van der Waals surface area contributed by atoms with E-state index in [4.69, 9.17) is 0 Å². The summed E-state index contributed by atoms with van der Waals surface area (Å²) in [6.07, 6.45) is 0. The minimum atomic E-state index is -0.541. The lowest BCUT2D eigenvalue weighted by atomic mass is 10.1. The molecule has 0 aliphatic carbocycles. The second kappa shape index (κ2) is 5.30. The second-order valence-electron chi connectivity index (χ2n) is 3.58. The van der Waals surface area contributed by atoms with E-state index in [0.717, 1.165) is 12.1 Å². The van der Waals surface area contributed by atoms with Crippen LogP contribution < -0.4 is 0 Å². The first-order valence-corrected chi connectivity index (χ1v) is 5.91. The van der Waals surface area contributed by atoms with Crippen LogP contribution in [0.1, 0.15) is 17.3 Å². The Balaban J connectivity index is 3.00. The molecule has 3 nitrogen and oxygen atoms in total. The number of hydrogen-bond donors (Lipinski definition) is 1. The lowest BCUT2D eigenvalue weighted by Gasteiger charge is -2.23. The van der Waals surface area contributed by atoms with Crippen LogP contribution in [-0.2, 0) is 0 Å². The van der Waals surface area contributed by atoms with E-state index in [0.29, 0.717) is 5.33 Å². The summed E-state index contributed by atoms with van der Waals surface area (Å²) < 4.78 is 13.0. The Bertz CT molecular complexity index is 398. The fourth-order valence-electron chi connectivity index (χ4n) is 1.17. The lowest BCUT2D eigenvalue weighted by molar-refractivity contribution is 0.0754. The van der Waals surface area contributed by atoms with Gasteiger partial charge in [-0.15, -0.1) is 0 Å². The van der Waals surface area contributed by atoms with Crippen LogP contribution in [0.4, 0.5) is 4.39 Å². The highest BCUT2D eigenvalue weighted by Gasteiger charge is 2.19. The second-order valence-corrected chi connectivity index (χ2v) is 4.23. The molecule has 1 unspecified atom stereocenters. The Labute approximate surface area is 102 Å². The van der Waals surface area contributed by atoms with E-state index >= 15 is 0 Å². The van der Waals surface area contributed by atoms with E-state index in [9.17, 15) is 14.3 Å². The first-order valence-electron chi connectivity index (χ1n) is 4.79. The third-order valence-electron chi connectivity index (χ3n) is 2.39. The van der Waals surface area contributed by atoms with Crippen molar-refractivity contribution in [2.75, 3.05) is 12.4 Å². The fraction of sp³-hybridized carbons (Fsp3) is 0.364. The van der Waals surface area contributed by atoms with Crippen molar-refractivity contribution < 1.29 is 14.3 Å². The lowest BCUT2D eigenvalue weighted by Crippen LogP contribution is -2.36. The number of benzene rings is 1. The summed E-state index contributed by atoms with van der Waals surface area (Å²) in [4.78, 5) is 13.3. The highest BCUT2D eigenvalue weighted by Crippen LogP contribution is 2.20. The molecular formula is C11H13BrFNO2. The number of carbonyl (C=O) groups excluding carboxylic acids is 1. The number of phenolic OH excluding ortho intramolecular Hbond substituents is 1. The van der Waals surface area contributed by atoms with Gasteiger partial charge in [-0.3, -0.25) is 4.79 Å². The topological polar surface area (TPSA) is 40.5 Å². The molecular weight excluding hydrogens is 277 g/mol. The number of nitrogens with zero attached hydrogens (tertiary/aromatic N) is 1. The van der Waals surface area contributed by atoms with E-state index in [1.165, 1.54) is 11.0 Å². The molecule has 1 N–H and O–H groups in total. The number of phenols is 1. The molecule has 16 heavy (non-hydrogen) atoms. The molecule has 0 bridgehead atoms. The summed E-state index contributed by atoms with van der Waals surface area (Å²) in [5, 5.41) is 10.1. The van der Waals surface area contributed by atoms with Gasteiger partial charge in [0.05, 0.1) is 5.56 Å². The van der Waals surface area contributed by atoms with Gasteiger partial charge < -0.3 is 10.0 Å². The van der Waals surface area contributed by atoms with E-state index in [2.05, 4.69) is 15.9 Å². The van der Waals surface area contributed by atoms with Crippen LogP contribution in [0.25, 0.3) is 0 Å². The number of aromatic hydroxyl groups is 1. The molecule has 1 aromatic carbocycles. The van der Waals surface area contributed by atoms with E-state index in [1.807, 2.05) is 6.92 Å². The smallest absolute Gasteiger partial charge is 0.257 e. The summed E-state index contributed by atoms with van der Waals surface area (Å²) in [6, 6.07) is 3.29. The molecule has 0 saturated heterocycles. The van der Waals surface area contributed by atoms with Gasteiger partial charge in [-0.1, -0.05) is 15.9 Å². The monoisotopic (exact) mass is 289 g/mol. The Hall–Kier alpha value is -1.10. The van der Waals surface area contributed by atoms with E-state index < -0.39 is 11.7 Å². The zero-order valence-electron chi connectivity index (χ0n) is 9.08. The van der Waals surface area contributed by atoms with Crippen molar-refractivity contribution in [1.29, 1.82) is 0 Å². The molecule has 0 aromatic heterocycles. The normalized spacial score (nSPS) is 12.2. The molecule has 88 valence electrons. The zero-order chi connectivity index (χ0) is 12.3. The van der Waals surface area contributed by atoms with Crippen molar-refractivity contribution in [3.05, 3.63) is 29.6 Å². The number of hydrogen-bond acceptors (Lipinski definition) is 2. The molecule has 0 heterocycles. The van der Waals surface area contributed by atoms with Gasteiger partial charge in [0.1, 0.15) is 11.6 Å². The molecule has 0 radical (unpaired) electrons. The fourth-order valence-corrected chi connectivity index (χ4v) is 1.61. The number of carbonyl (C=O) groups is 1. The van der Waals surface area contributed by atoms with Gasteiger partial charge in [0, 0.05) is 18.4 Å². The Morgan fingerprint density at radius 2 is 2.25 bits per heavy atom. The maximum atomic E-state index is 13.0. The molecule has 1 amide bonds. The van der Waals surface area contributed by atoms with Crippen molar-refractivity contribution in [2.24, 2.45) is 0 Å². The summed E-state index contributed by atoms with van der Waals surface area (Å²) in [6.45, 7) is 1.85. The molecule has 1 aromatic rings. The number of halogens is 2. The van der Waals surface area contributed by atoms with Crippen LogP contribution in [-0.4, -0.2) is 34.3 Å². The summed E-state index contributed by atoms with van der Waals surface area (Å²) >= 11 is 3.26. The van der Waals surface area contributed by atoms with Crippen LogP contribution in [0, 0.1) is 5.82 Å². The van der Waals surface area contributed by atoms with Gasteiger partial charge in [-0.25, -0.2) is 4.39 Å². The van der Waals surface area contributed by atoms with Crippen LogP contribution >= 0.6 is 15.9 Å². The van der Waals surface area contributed by atoms with Gasteiger partial charge >= 0.3 is 0 Å². The van der Waals surface area contributed by atoms with E-state index in [-0.39, 0.29) is 17.4 Å². The Morgan fingerprint density at radius 1 is 1.62 bits per heavy atom. The predicted molar refractivity (Wildman–Crippen MR) is 63.4 cm³/mol. The van der Waals surface area contributed by atoms with Crippen molar-refractivity contribution >= 4 is 21.8 Å². The SMILES string of the molecule is CC(CBr)N(C)C(=O)c1cc(F)ccc1O. The zero-order valence-corrected chi connectivity index (χ0v) is 10.7. The minimum Gasteiger partial charge on any atom is -0.507 e. The van der Waals surface area contributed by atoms with Gasteiger partial charge in [0.25, 0.3) is 5.91 Å². The Kier molecular flexibility index (Phi) is 4.29. The first kappa shape index (κ1) is 13.0. The maximum absolute atomic E-state index is 13.0. The van der Waals surface area contributed by atoms with Crippen LogP contribution in [0.2, 0.25) is 0 Å². The van der Waals surface area contributed by atoms with Crippen molar-refractivity contribution in [1.82, 2.24) is 4.90 Å². The molecule has 0 aliphatic heterocycles. The summed E-state index contributed by atoms with van der Waals surface area (Å²) in [5.41, 5.74) is -0.0182. The molecule has 1 atom stereocenters. The van der Waals surface area contributed by atoms with Gasteiger partial charge in [-0.2, -0.15) is 0 Å². The summed E-state index contributed by atoms with van der Waals surface area (Å²) in [7, 11) is 1.61. The molecule has 0 saturated carbocycles. The summed E-state index contributed by atoms with van der Waals surface area (Å²) in [5.74, 6) is -1.15. The predicted octanol–water partition coefficient (Wildman–Crippen LogP) is 2.39. The standard InChI is InChI=1S/C11H13BrFNO2/c1-7(6-12)14(2)11(16)9-5-8(13)3-4-10(9)15/h3-5,7,15H,6H2,1-2H3. The quantitative estimate of drug-likeness (QED) is 0.868. The molecule has 5 heteroatoms. The minimum absolute atomic E-state index is 0.0182. The van der Waals surface area contributed by atoms with Crippen molar-refractivity contribution in [3.8, 4) is 5.75 Å². The molecule has 0 aliphatic rings. The van der Waals surface area contributed by atoms with Crippen LogP contribution in [0.5, 0.6) is 5.75 Å². The number of alkyl halides is 1. The molecule has 0 fully saturated rings.